The Morgan fingerprint density at radius 2 is 1.78 bits per heavy atom. The number of amides is 1. The van der Waals surface area contributed by atoms with Crippen LogP contribution in [0.25, 0.3) is 0 Å². The van der Waals surface area contributed by atoms with Crippen LogP contribution in [0.4, 0.5) is 0 Å². The second kappa shape index (κ2) is 8.46. The summed E-state index contributed by atoms with van der Waals surface area (Å²) in [6.07, 6.45) is 5.15. The molecule has 1 N–H and O–H groups in total. The molecule has 9 heteroatoms. The van der Waals surface area contributed by atoms with E-state index in [1.807, 2.05) is 0 Å². The Bertz CT molecular complexity index is 788. The zero-order valence-corrected chi connectivity index (χ0v) is 17.9. The highest BCUT2D eigenvalue weighted by Gasteiger charge is 2.35. The van der Waals surface area contributed by atoms with E-state index in [4.69, 9.17) is 0 Å². The predicted octanol–water partition coefficient (Wildman–Crippen LogP) is 2.42. The van der Waals surface area contributed by atoms with Gasteiger partial charge in [0, 0.05) is 43.7 Å². The molecule has 0 atom stereocenters. The molecule has 1 aromatic carbocycles. The van der Waals surface area contributed by atoms with E-state index in [9.17, 15) is 18.3 Å². The molecule has 2 aliphatic rings. The SMILES string of the molecule is CN(C1CCCCC1)S(=O)(=O)N1CCN(C(=O)c2ccc(Br)cc2O)CC1. The molecular weight excluding hydrogens is 434 g/mol. The van der Waals surface area contributed by atoms with Crippen molar-refractivity contribution < 1.29 is 18.3 Å². The van der Waals surface area contributed by atoms with Gasteiger partial charge in [0.1, 0.15) is 5.75 Å². The number of phenolic OH excluding ortho intramolecular Hbond substituents is 1. The molecule has 1 saturated carbocycles. The highest BCUT2D eigenvalue weighted by atomic mass is 79.9. The number of carbonyl (C=O) groups is 1. The number of aromatic hydroxyl groups is 1. The molecule has 0 unspecified atom stereocenters. The molecule has 1 aliphatic heterocycles. The quantitative estimate of drug-likeness (QED) is 0.749. The van der Waals surface area contributed by atoms with Gasteiger partial charge in [-0.15, -0.1) is 0 Å². The van der Waals surface area contributed by atoms with Crippen LogP contribution in [0.15, 0.2) is 22.7 Å². The van der Waals surface area contributed by atoms with Gasteiger partial charge in [0.2, 0.25) is 0 Å². The van der Waals surface area contributed by atoms with Crippen LogP contribution >= 0.6 is 15.9 Å². The summed E-state index contributed by atoms with van der Waals surface area (Å²) in [5, 5.41) is 10.0. The van der Waals surface area contributed by atoms with E-state index < -0.39 is 10.2 Å². The van der Waals surface area contributed by atoms with Gasteiger partial charge >= 0.3 is 0 Å². The lowest BCUT2D eigenvalue weighted by Gasteiger charge is -2.38. The molecule has 1 heterocycles. The summed E-state index contributed by atoms with van der Waals surface area (Å²) in [6, 6.07) is 4.82. The van der Waals surface area contributed by atoms with E-state index in [0.717, 1.165) is 25.7 Å². The molecule has 1 amide bonds. The molecule has 1 aromatic rings. The molecule has 27 heavy (non-hydrogen) atoms. The minimum absolute atomic E-state index is 0.0723. The summed E-state index contributed by atoms with van der Waals surface area (Å²) in [5.41, 5.74) is 0.230. The average Bonchev–Trinajstić information content (AvgIpc) is 2.67. The Kier molecular flexibility index (Phi) is 6.45. The predicted molar refractivity (Wildman–Crippen MR) is 107 cm³/mol. The summed E-state index contributed by atoms with van der Waals surface area (Å²) in [7, 11) is -1.85. The number of phenols is 1. The monoisotopic (exact) mass is 459 g/mol. The van der Waals surface area contributed by atoms with Gasteiger partial charge < -0.3 is 10.0 Å². The number of halogens is 1. The number of nitrogens with zero attached hydrogens (tertiary/aromatic N) is 3. The molecule has 2 fully saturated rings. The Morgan fingerprint density at radius 1 is 1.15 bits per heavy atom. The topological polar surface area (TPSA) is 81.2 Å². The smallest absolute Gasteiger partial charge is 0.282 e. The lowest BCUT2D eigenvalue weighted by Crippen LogP contribution is -2.55. The molecule has 3 rings (SSSR count). The highest BCUT2D eigenvalue weighted by molar-refractivity contribution is 9.10. The molecule has 0 spiro atoms. The molecule has 7 nitrogen and oxygen atoms in total. The van der Waals surface area contributed by atoms with Crippen molar-refractivity contribution in [2.24, 2.45) is 0 Å². The van der Waals surface area contributed by atoms with E-state index in [-0.39, 0.29) is 36.4 Å². The van der Waals surface area contributed by atoms with Crippen molar-refractivity contribution in [3.63, 3.8) is 0 Å². The first-order chi connectivity index (χ1) is 12.8. The van der Waals surface area contributed by atoms with Crippen molar-refractivity contribution in [2.75, 3.05) is 33.2 Å². The fourth-order valence-corrected chi connectivity index (χ4v) is 5.72. The Labute approximate surface area is 169 Å². The summed E-state index contributed by atoms with van der Waals surface area (Å²) >= 11 is 3.25. The van der Waals surface area contributed by atoms with Crippen molar-refractivity contribution in [3.8, 4) is 5.75 Å². The Morgan fingerprint density at radius 3 is 2.37 bits per heavy atom. The van der Waals surface area contributed by atoms with Crippen LogP contribution in [0.5, 0.6) is 5.75 Å². The number of hydrogen-bond donors (Lipinski definition) is 1. The normalized spacial score (nSPS) is 20.2. The van der Waals surface area contributed by atoms with E-state index in [1.165, 1.54) is 21.1 Å². The molecular formula is C18H26BrN3O4S. The van der Waals surface area contributed by atoms with Gasteiger partial charge in [0.05, 0.1) is 5.56 Å². The van der Waals surface area contributed by atoms with Crippen molar-refractivity contribution in [2.45, 2.75) is 38.1 Å². The number of hydrogen-bond acceptors (Lipinski definition) is 4. The largest absolute Gasteiger partial charge is 0.507 e. The second-order valence-corrected chi connectivity index (χ2v) is 10.1. The third-order valence-corrected chi connectivity index (χ3v) is 8.03. The van der Waals surface area contributed by atoms with Gasteiger partial charge in [-0.25, -0.2) is 0 Å². The van der Waals surface area contributed by atoms with Crippen molar-refractivity contribution in [1.29, 1.82) is 0 Å². The third-order valence-electron chi connectivity index (χ3n) is 5.50. The van der Waals surface area contributed by atoms with E-state index in [0.29, 0.717) is 17.6 Å². The minimum Gasteiger partial charge on any atom is -0.507 e. The fourth-order valence-electron chi connectivity index (χ4n) is 3.79. The maximum atomic E-state index is 12.9. The summed E-state index contributed by atoms with van der Waals surface area (Å²) in [5.74, 6) is -0.362. The van der Waals surface area contributed by atoms with Crippen molar-refractivity contribution in [3.05, 3.63) is 28.2 Å². The molecule has 1 aliphatic carbocycles. The number of carbonyl (C=O) groups excluding carboxylic acids is 1. The lowest BCUT2D eigenvalue weighted by molar-refractivity contribution is 0.0690. The Hall–Kier alpha value is -1.16. The van der Waals surface area contributed by atoms with E-state index in [2.05, 4.69) is 15.9 Å². The van der Waals surface area contributed by atoms with Crippen LogP contribution in [-0.4, -0.2) is 72.2 Å². The maximum Gasteiger partial charge on any atom is 0.282 e. The fraction of sp³-hybridized carbons (Fsp3) is 0.611. The minimum atomic E-state index is -3.52. The molecule has 0 bridgehead atoms. The van der Waals surface area contributed by atoms with E-state index >= 15 is 0 Å². The summed E-state index contributed by atoms with van der Waals surface area (Å²) in [6.45, 7) is 1.16. The number of rotatable bonds is 4. The molecule has 0 aromatic heterocycles. The standard InChI is InChI=1S/C18H26BrN3O4S/c1-20(15-5-3-2-4-6-15)27(25,26)22-11-9-21(10-12-22)18(24)16-8-7-14(19)13-17(16)23/h7-8,13,15,23H,2-6,9-12H2,1H3. The number of piperazine rings is 1. The summed E-state index contributed by atoms with van der Waals surface area (Å²) < 4.78 is 29.5. The third kappa shape index (κ3) is 4.47. The first kappa shape index (κ1) is 20.6. The second-order valence-electron chi connectivity index (χ2n) is 7.17. The lowest BCUT2D eigenvalue weighted by atomic mass is 9.96. The first-order valence-corrected chi connectivity index (χ1v) is 11.5. The van der Waals surface area contributed by atoms with Gasteiger partial charge in [-0.3, -0.25) is 4.79 Å². The van der Waals surface area contributed by atoms with Crippen LogP contribution in [-0.2, 0) is 10.2 Å². The van der Waals surface area contributed by atoms with Gasteiger partial charge in [0.25, 0.3) is 16.1 Å². The zero-order valence-electron chi connectivity index (χ0n) is 15.5. The van der Waals surface area contributed by atoms with Crippen LogP contribution in [0, 0.1) is 0 Å². The Balaban J connectivity index is 1.63. The molecule has 150 valence electrons. The maximum absolute atomic E-state index is 12.9. The van der Waals surface area contributed by atoms with Crippen LogP contribution in [0.2, 0.25) is 0 Å². The zero-order chi connectivity index (χ0) is 19.6. The van der Waals surface area contributed by atoms with Crippen molar-refractivity contribution in [1.82, 2.24) is 13.5 Å². The van der Waals surface area contributed by atoms with E-state index in [1.54, 1.807) is 24.1 Å². The van der Waals surface area contributed by atoms with Gasteiger partial charge in [-0.1, -0.05) is 35.2 Å². The van der Waals surface area contributed by atoms with Crippen LogP contribution < -0.4 is 0 Å². The number of benzene rings is 1. The van der Waals surface area contributed by atoms with Crippen LogP contribution in [0.1, 0.15) is 42.5 Å². The van der Waals surface area contributed by atoms with Crippen LogP contribution in [0.3, 0.4) is 0 Å². The summed E-state index contributed by atoms with van der Waals surface area (Å²) in [4.78, 5) is 14.2. The van der Waals surface area contributed by atoms with Gasteiger partial charge in [-0.2, -0.15) is 17.0 Å². The molecule has 1 saturated heterocycles. The molecule has 0 radical (unpaired) electrons. The highest BCUT2D eigenvalue weighted by Crippen LogP contribution is 2.26. The van der Waals surface area contributed by atoms with Gasteiger partial charge in [0.15, 0.2) is 0 Å². The van der Waals surface area contributed by atoms with Gasteiger partial charge in [-0.05, 0) is 31.0 Å². The average molecular weight is 460 g/mol. The first-order valence-electron chi connectivity index (χ1n) is 9.31. The van der Waals surface area contributed by atoms with Crippen molar-refractivity contribution >= 4 is 32.0 Å².